The topological polar surface area (TPSA) is 60.2 Å². The zero-order chi connectivity index (χ0) is 13.1. The zero-order valence-electron chi connectivity index (χ0n) is 10.3. The van der Waals surface area contributed by atoms with Crippen LogP contribution in [0.15, 0.2) is 28.8 Å². The van der Waals surface area contributed by atoms with E-state index in [-0.39, 0.29) is 18.3 Å². The molecule has 2 heterocycles. The standard InChI is InChI=1S/C13H14FN3O2/c14-10-2-1-3-11(6-10)18-8-12-16-13(19-17-12)9-4-5-15-7-9/h1-3,6,9,15H,4-5,7-8H2/t9-/m0/s1. The predicted molar refractivity (Wildman–Crippen MR) is 65.3 cm³/mol. The Morgan fingerprint density at radius 1 is 1.47 bits per heavy atom. The van der Waals surface area contributed by atoms with E-state index in [9.17, 15) is 4.39 Å². The Labute approximate surface area is 109 Å². The fraction of sp³-hybridized carbons (Fsp3) is 0.385. The maximum absolute atomic E-state index is 13.0. The molecule has 19 heavy (non-hydrogen) atoms. The third-order valence-corrected chi connectivity index (χ3v) is 3.06. The van der Waals surface area contributed by atoms with Gasteiger partial charge in [-0.3, -0.25) is 0 Å². The summed E-state index contributed by atoms with van der Waals surface area (Å²) in [5, 5.41) is 7.11. The zero-order valence-corrected chi connectivity index (χ0v) is 10.3. The van der Waals surface area contributed by atoms with Crippen molar-refractivity contribution in [2.24, 2.45) is 0 Å². The van der Waals surface area contributed by atoms with Crippen molar-refractivity contribution in [3.05, 3.63) is 41.8 Å². The van der Waals surface area contributed by atoms with E-state index in [1.165, 1.54) is 12.1 Å². The summed E-state index contributed by atoms with van der Waals surface area (Å²) in [4.78, 5) is 4.29. The van der Waals surface area contributed by atoms with Gasteiger partial charge in [-0.05, 0) is 25.1 Å². The average Bonchev–Trinajstić information content (AvgIpc) is 3.07. The van der Waals surface area contributed by atoms with Crippen LogP contribution in [-0.4, -0.2) is 23.2 Å². The first-order chi connectivity index (χ1) is 9.31. The first-order valence-corrected chi connectivity index (χ1v) is 6.23. The van der Waals surface area contributed by atoms with Gasteiger partial charge >= 0.3 is 0 Å². The Morgan fingerprint density at radius 3 is 3.21 bits per heavy atom. The molecule has 0 unspecified atom stereocenters. The molecular formula is C13H14FN3O2. The summed E-state index contributed by atoms with van der Waals surface area (Å²) in [5.41, 5.74) is 0. The van der Waals surface area contributed by atoms with E-state index in [0.717, 1.165) is 19.5 Å². The fourth-order valence-corrected chi connectivity index (χ4v) is 2.06. The van der Waals surface area contributed by atoms with E-state index in [0.29, 0.717) is 17.5 Å². The predicted octanol–water partition coefficient (Wildman–Crippen LogP) is 1.86. The molecule has 5 nitrogen and oxygen atoms in total. The molecule has 1 aromatic carbocycles. The number of nitrogens with zero attached hydrogens (tertiary/aromatic N) is 2. The molecule has 100 valence electrons. The second-order valence-corrected chi connectivity index (χ2v) is 4.48. The van der Waals surface area contributed by atoms with Gasteiger partial charge in [-0.1, -0.05) is 11.2 Å². The highest BCUT2D eigenvalue weighted by Crippen LogP contribution is 2.20. The molecule has 1 atom stereocenters. The van der Waals surface area contributed by atoms with Crippen LogP contribution in [-0.2, 0) is 6.61 Å². The first-order valence-electron chi connectivity index (χ1n) is 6.23. The van der Waals surface area contributed by atoms with Gasteiger partial charge in [0.1, 0.15) is 11.6 Å². The quantitative estimate of drug-likeness (QED) is 0.912. The molecule has 1 saturated heterocycles. The Hall–Kier alpha value is -1.95. The minimum atomic E-state index is -0.330. The van der Waals surface area contributed by atoms with Gasteiger partial charge in [-0.15, -0.1) is 0 Å². The monoisotopic (exact) mass is 263 g/mol. The van der Waals surface area contributed by atoms with Crippen LogP contribution < -0.4 is 10.1 Å². The highest BCUT2D eigenvalue weighted by molar-refractivity contribution is 5.22. The Morgan fingerprint density at radius 2 is 2.42 bits per heavy atom. The molecule has 1 fully saturated rings. The minimum Gasteiger partial charge on any atom is -0.485 e. The number of benzene rings is 1. The van der Waals surface area contributed by atoms with Gasteiger partial charge < -0.3 is 14.6 Å². The molecule has 2 aromatic rings. The highest BCUT2D eigenvalue weighted by atomic mass is 19.1. The molecule has 0 aliphatic carbocycles. The molecule has 0 bridgehead atoms. The maximum atomic E-state index is 13.0. The maximum Gasteiger partial charge on any atom is 0.231 e. The third-order valence-electron chi connectivity index (χ3n) is 3.06. The Bertz CT molecular complexity index is 552. The number of halogens is 1. The second kappa shape index (κ2) is 5.36. The van der Waals surface area contributed by atoms with Crippen molar-refractivity contribution in [1.82, 2.24) is 15.5 Å². The molecule has 3 rings (SSSR count). The largest absolute Gasteiger partial charge is 0.485 e. The van der Waals surface area contributed by atoms with E-state index in [2.05, 4.69) is 15.5 Å². The van der Waals surface area contributed by atoms with Gasteiger partial charge in [0.15, 0.2) is 6.61 Å². The van der Waals surface area contributed by atoms with Crippen molar-refractivity contribution in [3.63, 3.8) is 0 Å². The summed E-state index contributed by atoms with van der Waals surface area (Å²) in [7, 11) is 0. The van der Waals surface area contributed by atoms with Gasteiger partial charge in [0.25, 0.3) is 0 Å². The average molecular weight is 263 g/mol. The summed E-state index contributed by atoms with van der Waals surface area (Å²) >= 11 is 0. The highest BCUT2D eigenvalue weighted by Gasteiger charge is 2.22. The molecule has 0 radical (unpaired) electrons. The molecule has 0 saturated carbocycles. The summed E-state index contributed by atoms with van der Waals surface area (Å²) in [6.45, 7) is 2.02. The third kappa shape index (κ3) is 2.90. The van der Waals surface area contributed by atoms with E-state index in [4.69, 9.17) is 9.26 Å². The Kier molecular flexibility index (Phi) is 3.41. The molecule has 1 aromatic heterocycles. The van der Waals surface area contributed by atoms with Crippen molar-refractivity contribution in [1.29, 1.82) is 0 Å². The first kappa shape index (κ1) is 12.1. The summed E-state index contributed by atoms with van der Waals surface area (Å²) in [6.07, 6.45) is 1.01. The minimum absolute atomic E-state index is 0.174. The molecule has 1 aliphatic rings. The number of hydrogen-bond acceptors (Lipinski definition) is 5. The van der Waals surface area contributed by atoms with Crippen molar-refractivity contribution in [2.45, 2.75) is 18.9 Å². The van der Waals surface area contributed by atoms with Gasteiger partial charge in [-0.2, -0.15) is 4.98 Å². The molecule has 1 aliphatic heterocycles. The normalized spacial score (nSPS) is 18.7. The van der Waals surface area contributed by atoms with Crippen LogP contribution in [0.5, 0.6) is 5.75 Å². The molecule has 1 N–H and O–H groups in total. The lowest BCUT2D eigenvalue weighted by Crippen LogP contribution is -2.08. The number of aromatic nitrogens is 2. The smallest absolute Gasteiger partial charge is 0.231 e. The lowest BCUT2D eigenvalue weighted by molar-refractivity contribution is 0.283. The summed E-state index contributed by atoms with van der Waals surface area (Å²) in [5.74, 6) is 1.53. The summed E-state index contributed by atoms with van der Waals surface area (Å²) < 4.78 is 23.6. The van der Waals surface area contributed by atoms with Gasteiger partial charge in [-0.25, -0.2) is 4.39 Å². The van der Waals surface area contributed by atoms with Crippen LogP contribution in [0.1, 0.15) is 24.1 Å². The molecular weight excluding hydrogens is 249 g/mol. The van der Waals surface area contributed by atoms with E-state index >= 15 is 0 Å². The number of hydrogen-bond donors (Lipinski definition) is 1. The SMILES string of the molecule is Fc1cccc(OCc2noc([C@H]3CCNC3)n2)c1. The van der Waals surface area contributed by atoms with Crippen molar-refractivity contribution < 1.29 is 13.7 Å². The fourth-order valence-electron chi connectivity index (χ4n) is 2.06. The van der Waals surface area contributed by atoms with Gasteiger partial charge in [0, 0.05) is 12.6 Å². The van der Waals surface area contributed by atoms with Crippen LogP contribution in [0.2, 0.25) is 0 Å². The number of rotatable bonds is 4. The Balaban J connectivity index is 1.61. The lowest BCUT2D eigenvalue weighted by atomic mass is 10.1. The van der Waals surface area contributed by atoms with Crippen LogP contribution >= 0.6 is 0 Å². The van der Waals surface area contributed by atoms with E-state index in [1.54, 1.807) is 12.1 Å². The number of ether oxygens (including phenoxy) is 1. The second-order valence-electron chi connectivity index (χ2n) is 4.48. The lowest BCUT2D eigenvalue weighted by Gasteiger charge is -2.02. The van der Waals surface area contributed by atoms with Crippen molar-refractivity contribution >= 4 is 0 Å². The number of nitrogens with one attached hydrogen (secondary N) is 1. The van der Waals surface area contributed by atoms with Crippen LogP contribution in [0.3, 0.4) is 0 Å². The van der Waals surface area contributed by atoms with Crippen LogP contribution in [0, 0.1) is 5.82 Å². The van der Waals surface area contributed by atoms with Gasteiger partial charge in [0.05, 0.1) is 5.92 Å². The molecule has 0 spiro atoms. The van der Waals surface area contributed by atoms with Crippen molar-refractivity contribution in [3.8, 4) is 5.75 Å². The van der Waals surface area contributed by atoms with E-state index < -0.39 is 0 Å². The van der Waals surface area contributed by atoms with Crippen LogP contribution in [0.4, 0.5) is 4.39 Å². The van der Waals surface area contributed by atoms with Crippen molar-refractivity contribution in [2.75, 3.05) is 13.1 Å². The summed E-state index contributed by atoms with van der Waals surface area (Å²) in [6, 6.07) is 5.97. The van der Waals surface area contributed by atoms with E-state index in [1.807, 2.05) is 0 Å². The van der Waals surface area contributed by atoms with Crippen LogP contribution in [0.25, 0.3) is 0 Å². The van der Waals surface area contributed by atoms with Gasteiger partial charge in [0.2, 0.25) is 11.7 Å². The molecule has 6 heteroatoms. The molecule has 0 amide bonds.